The molecule has 74 valence electrons. The minimum Gasteiger partial charge on any atom is -0.508 e. The summed E-state index contributed by atoms with van der Waals surface area (Å²) in [7, 11) is 1.56. The van der Waals surface area contributed by atoms with Crippen LogP contribution in [0.4, 0.5) is 0 Å². The molecule has 0 unspecified atom stereocenters. The van der Waals surface area contributed by atoms with E-state index in [1.54, 1.807) is 31.6 Å². The normalized spacial score (nSPS) is 10.9. The third-order valence-corrected chi connectivity index (χ3v) is 2.04. The summed E-state index contributed by atoms with van der Waals surface area (Å²) in [6, 6.07) is 5.01. The van der Waals surface area contributed by atoms with Crippen molar-refractivity contribution in [3.8, 4) is 5.75 Å². The number of hydrogen-bond donors (Lipinski definition) is 2. The van der Waals surface area contributed by atoms with Crippen molar-refractivity contribution >= 4 is 11.0 Å². The second-order valence-corrected chi connectivity index (χ2v) is 2.97. The van der Waals surface area contributed by atoms with E-state index in [1.807, 2.05) is 0 Å². The molecule has 0 radical (unpaired) electrons. The summed E-state index contributed by atoms with van der Waals surface area (Å²) in [5.74, 6) is 0.234. The van der Waals surface area contributed by atoms with Gasteiger partial charge >= 0.3 is 0 Å². The molecule has 0 atom stereocenters. The average molecular weight is 193 g/mol. The van der Waals surface area contributed by atoms with Crippen molar-refractivity contribution in [2.45, 2.75) is 6.54 Å². The Kier molecular flexibility index (Phi) is 2.39. The second kappa shape index (κ2) is 3.69. The van der Waals surface area contributed by atoms with Gasteiger partial charge in [-0.25, -0.2) is 0 Å². The molecule has 0 fully saturated rings. The fraction of sp³-hybridized carbons (Fsp3) is 0.200. The van der Waals surface area contributed by atoms with Crippen molar-refractivity contribution in [2.75, 3.05) is 7.11 Å². The summed E-state index contributed by atoms with van der Waals surface area (Å²) in [6.07, 6.45) is 1.65. The first-order valence-corrected chi connectivity index (χ1v) is 4.26. The largest absolute Gasteiger partial charge is 0.508 e. The van der Waals surface area contributed by atoms with E-state index in [0.29, 0.717) is 6.54 Å². The monoisotopic (exact) mass is 193 g/mol. The smallest absolute Gasteiger partial charge is 0.134 e. The Hall–Kier alpha value is -1.52. The number of hydroxylamine groups is 1. The summed E-state index contributed by atoms with van der Waals surface area (Å²) in [6.45, 7) is 0.549. The molecular weight excluding hydrogens is 182 g/mol. The van der Waals surface area contributed by atoms with Crippen LogP contribution in [0.15, 0.2) is 28.9 Å². The van der Waals surface area contributed by atoms with Crippen LogP contribution in [0.25, 0.3) is 11.0 Å². The first-order valence-electron chi connectivity index (χ1n) is 4.26. The Morgan fingerprint density at radius 2 is 2.36 bits per heavy atom. The number of hydrogen-bond acceptors (Lipinski definition) is 4. The molecule has 0 spiro atoms. The van der Waals surface area contributed by atoms with Gasteiger partial charge in [0.1, 0.15) is 11.3 Å². The van der Waals surface area contributed by atoms with Crippen molar-refractivity contribution in [3.63, 3.8) is 0 Å². The molecule has 0 aliphatic carbocycles. The molecule has 4 nitrogen and oxygen atoms in total. The Balaban J connectivity index is 2.40. The number of furan rings is 1. The van der Waals surface area contributed by atoms with E-state index in [1.165, 1.54) is 0 Å². The molecule has 14 heavy (non-hydrogen) atoms. The van der Waals surface area contributed by atoms with Crippen LogP contribution in [0.3, 0.4) is 0 Å². The summed E-state index contributed by atoms with van der Waals surface area (Å²) in [5, 5.41) is 10.2. The minimum atomic E-state index is 0.234. The van der Waals surface area contributed by atoms with E-state index in [2.05, 4.69) is 5.48 Å². The number of nitrogens with one attached hydrogen (secondary N) is 1. The van der Waals surface area contributed by atoms with Crippen molar-refractivity contribution < 1.29 is 14.4 Å². The lowest BCUT2D eigenvalue weighted by atomic mass is 10.2. The Labute approximate surface area is 81.0 Å². The van der Waals surface area contributed by atoms with Gasteiger partial charge in [0.15, 0.2) is 0 Å². The first-order chi connectivity index (χ1) is 6.81. The summed E-state index contributed by atoms with van der Waals surface area (Å²) >= 11 is 0. The van der Waals surface area contributed by atoms with Crippen LogP contribution in [0.5, 0.6) is 5.75 Å². The number of rotatable bonds is 3. The van der Waals surface area contributed by atoms with Gasteiger partial charge in [-0.05, 0) is 18.2 Å². The van der Waals surface area contributed by atoms with E-state index >= 15 is 0 Å². The summed E-state index contributed by atoms with van der Waals surface area (Å²) in [4.78, 5) is 4.74. The lowest BCUT2D eigenvalue weighted by molar-refractivity contribution is 0.0868. The van der Waals surface area contributed by atoms with Crippen molar-refractivity contribution in [3.05, 3.63) is 30.0 Å². The number of benzene rings is 1. The number of phenols is 1. The number of phenolic OH excluding ortho intramolecular Hbond substituents is 1. The molecule has 2 rings (SSSR count). The molecule has 4 heteroatoms. The van der Waals surface area contributed by atoms with Gasteiger partial charge in [0.05, 0.1) is 13.4 Å². The Morgan fingerprint density at radius 3 is 3.14 bits per heavy atom. The maximum atomic E-state index is 9.31. The Morgan fingerprint density at radius 1 is 1.50 bits per heavy atom. The first kappa shape index (κ1) is 9.05. The fourth-order valence-corrected chi connectivity index (χ4v) is 1.36. The third-order valence-electron chi connectivity index (χ3n) is 2.04. The second-order valence-electron chi connectivity index (χ2n) is 2.97. The molecule has 1 heterocycles. The van der Waals surface area contributed by atoms with Crippen LogP contribution >= 0.6 is 0 Å². The average Bonchev–Trinajstić information content (AvgIpc) is 2.57. The van der Waals surface area contributed by atoms with Gasteiger partial charge in [0.2, 0.25) is 0 Å². The number of fused-ring (bicyclic) bond motifs is 1. The van der Waals surface area contributed by atoms with Crippen LogP contribution in [0.1, 0.15) is 5.56 Å². The zero-order chi connectivity index (χ0) is 9.97. The molecule has 0 saturated heterocycles. The van der Waals surface area contributed by atoms with Gasteiger partial charge in [-0.1, -0.05) is 0 Å². The highest BCUT2D eigenvalue weighted by atomic mass is 16.6. The zero-order valence-corrected chi connectivity index (χ0v) is 7.78. The van der Waals surface area contributed by atoms with E-state index in [0.717, 1.165) is 16.5 Å². The van der Waals surface area contributed by atoms with Crippen molar-refractivity contribution in [2.24, 2.45) is 0 Å². The Bertz CT molecular complexity index is 436. The SMILES string of the molecule is CONCc1coc2ccc(O)cc12. The number of aromatic hydroxyl groups is 1. The molecule has 0 bridgehead atoms. The van der Waals surface area contributed by atoms with Gasteiger partial charge < -0.3 is 14.4 Å². The van der Waals surface area contributed by atoms with E-state index in [4.69, 9.17) is 9.25 Å². The van der Waals surface area contributed by atoms with Crippen LogP contribution in [-0.4, -0.2) is 12.2 Å². The van der Waals surface area contributed by atoms with Gasteiger partial charge in [0, 0.05) is 17.5 Å². The topological polar surface area (TPSA) is 54.6 Å². The maximum absolute atomic E-state index is 9.31. The molecule has 2 aromatic rings. The van der Waals surface area contributed by atoms with Gasteiger partial charge in [-0.3, -0.25) is 0 Å². The lowest BCUT2D eigenvalue weighted by Crippen LogP contribution is -2.09. The quantitative estimate of drug-likeness (QED) is 0.729. The highest BCUT2D eigenvalue weighted by molar-refractivity contribution is 5.82. The molecule has 0 aliphatic heterocycles. The van der Waals surface area contributed by atoms with Gasteiger partial charge in [-0.2, -0.15) is 5.48 Å². The predicted octanol–water partition coefficient (Wildman–Crippen LogP) is 1.79. The fourth-order valence-electron chi connectivity index (χ4n) is 1.36. The van der Waals surface area contributed by atoms with Crippen LogP contribution in [0, 0.1) is 0 Å². The highest BCUT2D eigenvalue weighted by Gasteiger charge is 2.05. The van der Waals surface area contributed by atoms with Crippen LogP contribution < -0.4 is 5.48 Å². The molecule has 0 saturated carbocycles. The van der Waals surface area contributed by atoms with Gasteiger partial charge in [-0.15, -0.1) is 0 Å². The van der Waals surface area contributed by atoms with Crippen LogP contribution in [-0.2, 0) is 11.4 Å². The van der Waals surface area contributed by atoms with Crippen molar-refractivity contribution in [1.82, 2.24) is 5.48 Å². The lowest BCUT2D eigenvalue weighted by Gasteiger charge is -1.98. The highest BCUT2D eigenvalue weighted by Crippen LogP contribution is 2.24. The van der Waals surface area contributed by atoms with E-state index in [-0.39, 0.29) is 5.75 Å². The molecular formula is C10H11NO3. The summed E-state index contributed by atoms with van der Waals surface area (Å²) < 4.78 is 5.29. The third kappa shape index (κ3) is 1.57. The molecule has 1 aromatic carbocycles. The van der Waals surface area contributed by atoms with Crippen LogP contribution in [0.2, 0.25) is 0 Å². The maximum Gasteiger partial charge on any atom is 0.134 e. The zero-order valence-electron chi connectivity index (χ0n) is 7.78. The molecule has 2 N–H and O–H groups in total. The molecule has 0 aliphatic rings. The van der Waals surface area contributed by atoms with E-state index in [9.17, 15) is 5.11 Å². The minimum absolute atomic E-state index is 0.234. The standard InChI is InChI=1S/C10H11NO3/c1-13-11-5-7-6-14-10-3-2-8(12)4-9(7)10/h2-4,6,11-12H,5H2,1H3. The van der Waals surface area contributed by atoms with Gasteiger partial charge in [0.25, 0.3) is 0 Å². The molecule has 0 amide bonds. The molecule has 1 aromatic heterocycles. The van der Waals surface area contributed by atoms with Crippen molar-refractivity contribution in [1.29, 1.82) is 0 Å². The predicted molar refractivity (Wildman–Crippen MR) is 51.7 cm³/mol. The summed E-state index contributed by atoms with van der Waals surface area (Å²) in [5.41, 5.74) is 4.44. The van der Waals surface area contributed by atoms with E-state index < -0.39 is 0 Å².